The number of rotatable bonds is 2. The number of carbonyl (C=O) groups is 1. The highest BCUT2D eigenvalue weighted by atomic mass is 19.4. The molecule has 2 rings (SSSR count). The van der Waals surface area contributed by atoms with E-state index < -0.39 is 17.7 Å². The molecule has 0 aliphatic heterocycles. The fourth-order valence-corrected chi connectivity index (χ4v) is 2.11. The van der Waals surface area contributed by atoms with E-state index in [-0.39, 0.29) is 11.1 Å². The molecule has 0 bridgehead atoms. The van der Waals surface area contributed by atoms with Gasteiger partial charge in [-0.25, -0.2) is 4.79 Å². The maximum atomic E-state index is 12.9. The Labute approximate surface area is 102 Å². The highest BCUT2D eigenvalue weighted by Gasteiger charge is 2.35. The first-order valence-electron chi connectivity index (χ1n) is 5.53. The molecule has 1 aliphatic rings. The van der Waals surface area contributed by atoms with Crippen molar-refractivity contribution >= 4 is 11.5 Å². The summed E-state index contributed by atoms with van der Waals surface area (Å²) < 4.78 is 38.8. The van der Waals surface area contributed by atoms with Gasteiger partial charge in [0.2, 0.25) is 0 Å². The number of benzene rings is 1. The van der Waals surface area contributed by atoms with Crippen LogP contribution in [0, 0.1) is 0 Å². The quantitative estimate of drug-likeness (QED) is 0.869. The first kappa shape index (κ1) is 12.7. The molecule has 0 spiro atoms. The molecule has 0 aromatic heterocycles. The third kappa shape index (κ3) is 2.39. The number of aromatic carboxylic acids is 1. The molecule has 0 atom stereocenters. The summed E-state index contributed by atoms with van der Waals surface area (Å²) in [5.41, 5.74) is -0.454. The van der Waals surface area contributed by atoms with Gasteiger partial charge in [0, 0.05) is 0 Å². The zero-order valence-corrected chi connectivity index (χ0v) is 9.42. The molecule has 0 radical (unpaired) electrons. The van der Waals surface area contributed by atoms with Gasteiger partial charge >= 0.3 is 12.1 Å². The van der Waals surface area contributed by atoms with Crippen molar-refractivity contribution in [1.29, 1.82) is 0 Å². The Hall–Kier alpha value is -1.78. The lowest BCUT2D eigenvalue weighted by Gasteiger charge is -2.14. The summed E-state index contributed by atoms with van der Waals surface area (Å²) in [4.78, 5) is 10.7. The van der Waals surface area contributed by atoms with Gasteiger partial charge in [0.25, 0.3) is 0 Å². The number of carboxylic acids is 1. The molecule has 0 unspecified atom stereocenters. The van der Waals surface area contributed by atoms with Crippen molar-refractivity contribution in [3.05, 3.63) is 41.0 Å². The summed E-state index contributed by atoms with van der Waals surface area (Å²) in [5, 5.41) is 8.75. The molecule has 0 amide bonds. The third-order valence-electron chi connectivity index (χ3n) is 2.96. The van der Waals surface area contributed by atoms with E-state index >= 15 is 0 Å². The molecular formula is C13H11F3O2. The van der Waals surface area contributed by atoms with Crippen LogP contribution in [0.2, 0.25) is 0 Å². The molecule has 96 valence electrons. The van der Waals surface area contributed by atoms with Crippen molar-refractivity contribution in [2.75, 3.05) is 0 Å². The summed E-state index contributed by atoms with van der Waals surface area (Å²) >= 11 is 0. The van der Waals surface area contributed by atoms with Crippen molar-refractivity contribution in [3.8, 4) is 0 Å². The Bertz CT molecular complexity index is 515. The Morgan fingerprint density at radius 3 is 2.50 bits per heavy atom. The van der Waals surface area contributed by atoms with Crippen LogP contribution in [0.25, 0.3) is 5.57 Å². The average molecular weight is 256 g/mol. The molecule has 1 aromatic rings. The SMILES string of the molecule is O=C(O)c1ccc(C2=CCCC2)c(C(F)(F)F)c1. The summed E-state index contributed by atoms with van der Waals surface area (Å²) in [6.45, 7) is 0. The smallest absolute Gasteiger partial charge is 0.417 e. The number of alkyl halides is 3. The van der Waals surface area contributed by atoms with Gasteiger partial charge in [0.1, 0.15) is 0 Å². The van der Waals surface area contributed by atoms with Gasteiger partial charge in [-0.3, -0.25) is 0 Å². The van der Waals surface area contributed by atoms with E-state index in [9.17, 15) is 18.0 Å². The van der Waals surface area contributed by atoms with E-state index in [4.69, 9.17) is 5.11 Å². The molecule has 1 N–H and O–H groups in total. The Balaban J connectivity index is 2.55. The lowest BCUT2D eigenvalue weighted by molar-refractivity contribution is -0.137. The Morgan fingerprint density at radius 1 is 1.28 bits per heavy atom. The van der Waals surface area contributed by atoms with Crippen molar-refractivity contribution in [1.82, 2.24) is 0 Å². The third-order valence-corrected chi connectivity index (χ3v) is 2.96. The first-order chi connectivity index (χ1) is 8.39. The maximum absolute atomic E-state index is 12.9. The zero-order valence-electron chi connectivity index (χ0n) is 9.42. The van der Waals surface area contributed by atoms with E-state index in [1.807, 2.05) is 0 Å². The van der Waals surface area contributed by atoms with E-state index in [0.717, 1.165) is 12.8 Å². The van der Waals surface area contributed by atoms with Crippen LogP contribution in [0.3, 0.4) is 0 Å². The van der Waals surface area contributed by atoms with Crippen molar-refractivity contribution < 1.29 is 23.1 Å². The Kier molecular flexibility index (Phi) is 3.15. The van der Waals surface area contributed by atoms with Gasteiger partial charge in [-0.2, -0.15) is 13.2 Å². The molecule has 0 saturated heterocycles. The van der Waals surface area contributed by atoms with Crippen LogP contribution in [0.4, 0.5) is 13.2 Å². The number of hydrogen-bond acceptors (Lipinski definition) is 1. The lowest BCUT2D eigenvalue weighted by atomic mass is 9.96. The van der Waals surface area contributed by atoms with E-state index in [1.165, 1.54) is 12.1 Å². The molecule has 1 aromatic carbocycles. The van der Waals surface area contributed by atoms with Gasteiger partial charge in [-0.1, -0.05) is 12.1 Å². The average Bonchev–Trinajstić information content (AvgIpc) is 2.80. The molecule has 0 fully saturated rings. The summed E-state index contributed by atoms with van der Waals surface area (Å²) in [6, 6.07) is 3.17. The van der Waals surface area contributed by atoms with Crippen LogP contribution in [0.5, 0.6) is 0 Å². The van der Waals surface area contributed by atoms with Crippen LogP contribution >= 0.6 is 0 Å². The van der Waals surface area contributed by atoms with E-state index in [2.05, 4.69) is 0 Å². The molecule has 1 aliphatic carbocycles. The minimum atomic E-state index is -4.54. The minimum Gasteiger partial charge on any atom is -0.478 e. The summed E-state index contributed by atoms with van der Waals surface area (Å²) in [5.74, 6) is -1.35. The summed E-state index contributed by atoms with van der Waals surface area (Å²) in [6.07, 6.45) is -0.536. The number of halogens is 3. The molecular weight excluding hydrogens is 245 g/mol. The van der Waals surface area contributed by atoms with Gasteiger partial charge < -0.3 is 5.11 Å². The van der Waals surface area contributed by atoms with E-state index in [0.29, 0.717) is 18.1 Å². The zero-order chi connectivity index (χ0) is 13.3. The highest BCUT2D eigenvalue weighted by Crippen LogP contribution is 2.38. The molecule has 18 heavy (non-hydrogen) atoms. The van der Waals surface area contributed by atoms with Gasteiger partial charge in [-0.05, 0) is 42.5 Å². The predicted molar refractivity (Wildman–Crippen MR) is 60.2 cm³/mol. The lowest BCUT2D eigenvalue weighted by Crippen LogP contribution is -2.11. The van der Waals surface area contributed by atoms with Crippen LogP contribution in [-0.2, 0) is 6.18 Å². The first-order valence-corrected chi connectivity index (χ1v) is 5.53. The van der Waals surface area contributed by atoms with Crippen molar-refractivity contribution in [2.45, 2.75) is 25.4 Å². The fourth-order valence-electron chi connectivity index (χ4n) is 2.11. The van der Waals surface area contributed by atoms with Crippen LogP contribution in [-0.4, -0.2) is 11.1 Å². The van der Waals surface area contributed by atoms with Gasteiger partial charge in [0.05, 0.1) is 11.1 Å². The molecule has 5 heteroatoms. The minimum absolute atomic E-state index is 0.102. The number of hydrogen-bond donors (Lipinski definition) is 1. The van der Waals surface area contributed by atoms with Gasteiger partial charge in [-0.15, -0.1) is 0 Å². The molecule has 2 nitrogen and oxygen atoms in total. The number of allylic oxidation sites excluding steroid dienone is 2. The maximum Gasteiger partial charge on any atom is 0.417 e. The van der Waals surface area contributed by atoms with Gasteiger partial charge in [0.15, 0.2) is 0 Å². The Morgan fingerprint density at radius 2 is 2.00 bits per heavy atom. The second-order valence-corrected chi connectivity index (χ2v) is 4.18. The highest BCUT2D eigenvalue weighted by molar-refractivity contribution is 5.88. The molecule has 0 saturated carbocycles. The van der Waals surface area contributed by atoms with Crippen molar-refractivity contribution in [3.63, 3.8) is 0 Å². The van der Waals surface area contributed by atoms with E-state index in [1.54, 1.807) is 6.08 Å². The van der Waals surface area contributed by atoms with Crippen LogP contribution in [0.15, 0.2) is 24.3 Å². The molecule has 0 heterocycles. The predicted octanol–water partition coefficient (Wildman–Crippen LogP) is 3.97. The van der Waals surface area contributed by atoms with Crippen molar-refractivity contribution in [2.24, 2.45) is 0 Å². The largest absolute Gasteiger partial charge is 0.478 e. The second kappa shape index (κ2) is 4.48. The van der Waals surface area contributed by atoms with Crippen LogP contribution in [0.1, 0.15) is 40.7 Å². The fraction of sp³-hybridized carbons (Fsp3) is 0.308. The normalized spacial score (nSPS) is 15.6. The number of carboxylic acid groups (broad SMARTS) is 1. The van der Waals surface area contributed by atoms with Crippen LogP contribution < -0.4 is 0 Å². The monoisotopic (exact) mass is 256 g/mol. The summed E-state index contributed by atoms with van der Waals surface area (Å²) in [7, 11) is 0. The standard InChI is InChI=1S/C13H11F3O2/c14-13(15,16)11-7-9(12(17)18)5-6-10(11)8-3-1-2-4-8/h3,5-7H,1-2,4H2,(H,17,18). The topological polar surface area (TPSA) is 37.3 Å². The second-order valence-electron chi connectivity index (χ2n) is 4.18.